The van der Waals surface area contributed by atoms with Crippen molar-refractivity contribution in [2.75, 3.05) is 19.0 Å². The van der Waals surface area contributed by atoms with Gasteiger partial charge in [0, 0.05) is 12.6 Å². The predicted octanol–water partition coefficient (Wildman–Crippen LogP) is 3.69. The quantitative estimate of drug-likeness (QED) is 0.461. The number of esters is 1. The van der Waals surface area contributed by atoms with Crippen LogP contribution in [0.5, 0.6) is 0 Å². The average Bonchev–Trinajstić information content (AvgIpc) is 3.12. The molecule has 0 aliphatic rings. The molecule has 3 aromatic heterocycles. The van der Waals surface area contributed by atoms with Gasteiger partial charge in [-0.3, -0.25) is 10.3 Å². The molecule has 0 unspecified atom stereocenters. The molecule has 29 heavy (non-hydrogen) atoms. The number of aryl methyl sites for hydroxylation is 1. The number of unbranched alkanes of at least 4 members (excludes halogenated alkanes) is 2. The highest BCUT2D eigenvalue weighted by atomic mass is 16.5. The summed E-state index contributed by atoms with van der Waals surface area (Å²) < 4.78 is 10.4. The van der Waals surface area contributed by atoms with E-state index in [1.807, 2.05) is 0 Å². The smallest absolute Gasteiger partial charge is 0.341 e. The molecule has 0 fully saturated rings. The number of hydrogen-bond acceptors (Lipinski definition) is 7. The summed E-state index contributed by atoms with van der Waals surface area (Å²) in [5.41, 5.74) is 1.66. The summed E-state index contributed by atoms with van der Waals surface area (Å²) in [6.07, 6.45) is 4.63. The molecule has 3 rings (SSSR count). The summed E-state index contributed by atoms with van der Waals surface area (Å²) in [6.45, 7) is 4.38. The van der Waals surface area contributed by atoms with Gasteiger partial charge in [0.05, 0.1) is 13.3 Å². The van der Waals surface area contributed by atoms with E-state index in [-0.39, 0.29) is 6.03 Å². The van der Waals surface area contributed by atoms with Crippen molar-refractivity contribution in [3.05, 3.63) is 35.7 Å². The van der Waals surface area contributed by atoms with Gasteiger partial charge >= 0.3 is 12.0 Å². The number of pyridine rings is 1. The van der Waals surface area contributed by atoms with Crippen LogP contribution in [0.4, 0.5) is 10.6 Å². The molecule has 0 saturated heterocycles. The van der Waals surface area contributed by atoms with E-state index in [1.165, 1.54) is 13.3 Å². The molecule has 2 amide bonds. The number of nitrogens with zero attached hydrogens (tertiary/aromatic N) is 3. The maximum absolute atomic E-state index is 12.0. The second kappa shape index (κ2) is 9.13. The summed E-state index contributed by atoms with van der Waals surface area (Å²) >= 11 is 0. The number of aromatic nitrogens is 3. The first-order valence-electron chi connectivity index (χ1n) is 9.39. The maximum atomic E-state index is 12.0. The Kier molecular flexibility index (Phi) is 6.38. The van der Waals surface area contributed by atoms with Crippen molar-refractivity contribution in [1.82, 2.24) is 20.3 Å². The van der Waals surface area contributed by atoms with E-state index in [9.17, 15) is 9.59 Å². The Bertz CT molecular complexity index is 1030. The number of anilines is 1. The Morgan fingerprint density at radius 3 is 2.79 bits per heavy atom. The molecule has 0 saturated carbocycles. The number of methoxy groups -OCH3 is 1. The number of rotatable bonds is 7. The van der Waals surface area contributed by atoms with Crippen LogP contribution in [0, 0.1) is 6.92 Å². The van der Waals surface area contributed by atoms with E-state index in [0.717, 1.165) is 19.3 Å². The van der Waals surface area contributed by atoms with Gasteiger partial charge in [-0.25, -0.2) is 19.6 Å². The summed E-state index contributed by atoms with van der Waals surface area (Å²) in [6, 6.07) is 4.62. The largest absolute Gasteiger partial charge is 0.465 e. The molecule has 0 aliphatic carbocycles. The molecule has 3 heterocycles. The lowest BCUT2D eigenvalue weighted by molar-refractivity contribution is 0.0598. The Morgan fingerprint density at radius 1 is 1.21 bits per heavy atom. The molecule has 9 heteroatoms. The minimum Gasteiger partial charge on any atom is -0.465 e. The highest BCUT2D eigenvalue weighted by molar-refractivity contribution is 5.92. The van der Waals surface area contributed by atoms with Crippen LogP contribution in [0.15, 0.2) is 28.8 Å². The number of amides is 2. The molecular weight excluding hydrogens is 374 g/mol. The van der Waals surface area contributed by atoms with Crippen LogP contribution in [-0.2, 0) is 4.74 Å². The van der Waals surface area contributed by atoms with E-state index in [4.69, 9.17) is 9.15 Å². The molecule has 9 nitrogen and oxygen atoms in total. The van der Waals surface area contributed by atoms with Crippen molar-refractivity contribution < 1.29 is 18.7 Å². The number of urea groups is 1. The Hall–Kier alpha value is -3.49. The first-order valence-corrected chi connectivity index (χ1v) is 9.39. The van der Waals surface area contributed by atoms with Gasteiger partial charge < -0.3 is 14.5 Å². The van der Waals surface area contributed by atoms with Crippen molar-refractivity contribution >= 4 is 29.0 Å². The number of furan rings is 1. The van der Waals surface area contributed by atoms with Gasteiger partial charge in [0.1, 0.15) is 28.4 Å². The molecule has 152 valence electrons. The molecule has 2 N–H and O–H groups in total. The van der Waals surface area contributed by atoms with E-state index in [0.29, 0.717) is 46.3 Å². The van der Waals surface area contributed by atoms with Gasteiger partial charge in [-0.2, -0.15) is 0 Å². The van der Waals surface area contributed by atoms with Crippen molar-refractivity contribution in [1.29, 1.82) is 0 Å². The van der Waals surface area contributed by atoms with Crippen LogP contribution in [0.1, 0.15) is 42.3 Å². The first kappa shape index (κ1) is 20.2. The molecule has 0 aromatic carbocycles. The fourth-order valence-electron chi connectivity index (χ4n) is 2.74. The SMILES string of the molecule is CCCCCNC(=O)Nc1ccc2ncc(-c3cc(C(=O)OC)c(C)o3)nc2n1. The fourth-order valence-corrected chi connectivity index (χ4v) is 2.74. The molecule has 0 spiro atoms. The van der Waals surface area contributed by atoms with Gasteiger partial charge in [0.2, 0.25) is 0 Å². The van der Waals surface area contributed by atoms with E-state index >= 15 is 0 Å². The van der Waals surface area contributed by atoms with Crippen LogP contribution in [0.25, 0.3) is 22.6 Å². The van der Waals surface area contributed by atoms with Gasteiger partial charge in [-0.15, -0.1) is 0 Å². The molecule has 0 bridgehead atoms. The number of carbonyl (C=O) groups excluding carboxylic acids is 2. The molecule has 3 aromatic rings. The number of fused-ring (bicyclic) bond motifs is 1. The summed E-state index contributed by atoms with van der Waals surface area (Å²) in [5.74, 6) is 0.687. The van der Waals surface area contributed by atoms with Gasteiger partial charge in [-0.05, 0) is 25.5 Å². The number of hydrogen-bond donors (Lipinski definition) is 2. The average molecular weight is 397 g/mol. The standard InChI is InChI=1S/C20H23N5O4/c1-4-5-6-9-21-20(27)25-17-8-7-14-18(24-17)23-15(11-22-14)16-10-13(12(2)29-16)19(26)28-3/h7-8,10-11H,4-6,9H2,1-3H3,(H2,21,23,24,25,27). The van der Waals surface area contributed by atoms with Crippen molar-refractivity contribution in [3.8, 4) is 11.5 Å². The highest BCUT2D eigenvalue weighted by Crippen LogP contribution is 2.25. The van der Waals surface area contributed by atoms with Gasteiger partial charge in [0.15, 0.2) is 11.4 Å². The molecule has 0 atom stereocenters. The zero-order chi connectivity index (χ0) is 20.8. The van der Waals surface area contributed by atoms with Crippen LogP contribution < -0.4 is 10.6 Å². The topological polar surface area (TPSA) is 119 Å². The van der Waals surface area contributed by atoms with E-state index < -0.39 is 5.97 Å². The zero-order valence-corrected chi connectivity index (χ0v) is 16.6. The van der Waals surface area contributed by atoms with Crippen LogP contribution in [0.3, 0.4) is 0 Å². The fraction of sp³-hybridized carbons (Fsp3) is 0.350. The number of ether oxygens (including phenoxy) is 1. The Balaban J connectivity index is 1.79. The summed E-state index contributed by atoms with van der Waals surface area (Å²) in [7, 11) is 1.31. The van der Waals surface area contributed by atoms with Crippen LogP contribution >= 0.6 is 0 Å². The highest BCUT2D eigenvalue weighted by Gasteiger charge is 2.18. The van der Waals surface area contributed by atoms with Crippen molar-refractivity contribution in [2.45, 2.75) is 33.1 Å². The lowest BCUT2D eigenvalue weighted by Gasteiger charge is -2.07. The van der Waals surface area contributed by atoms with Crippen LogP contribution in [-0.4, -0.2) is 40.6 Å². The second-order valence-electron chi connectivity index (χ2n) is 6.45. The summed E-state index contributed by atoms with van der Waals surface area (Å²) in [5, 5.41) is 5.48. The Labute approximate surface area is 167 Å². The second-order valence-corrected chi connectivity index (χ2v) is 6.45. The monoisotopic (exact) mass is 397 g/mol. The first-order chi connectivity index (χ1) is 14.0. The minimum absolute atomic E-state index is 0.318. The lowest BCUT2D eigenvalue weighted by atomic mass is 10.2. The normalized spacial score (nSPS) is 10.7. The maximum Gasteiger partial charge on any atom is 0.341 e. The molecular formula is C20H23N5O4. The number of carbonyl (C=O) groups is 2. The van der Waals surface area contributed by atoms with Gasteiger partial charge in [-0.1, -0.05) is 19.8 Å². The van der Waals surface area contributed by atoms with Crippen LogP contribution in [0.2, 0.25) is 0 Å². The third-order valence-electron chi connectivity index (χ3n) is 4.29. The third kappa shape index (κ3) is 4.87. The minimum atomic E-state index is -0.485. The Morgan fingerprint density at radius 2 is 2.03 bits per heavy atom. The van der Waals surface area contributed by atoms with Gasteiger partial charge in [0.25, 0.3) is 0 Å². The van der Waals surface area contributed by atoms with Crippen molar-refractivity contribution in [2.24, 2.45) is 0 Å². The van der Waals surface area contributed by atoms with E-state index in [1.54, 1.807) is 25.1 Å². The van der Waals surface area contributed by atoms with Crippen molar-refractivity contribution in [3.63, 3.8) is 0 Å². The van der Waals surface area contributed by atoms with E-state index in [2.05, 4.69) is 32.5 Å². The predicted molar refractivity (Wildman–Crippen MR) is 108 cm³/mol. The summed E-state index contributed by atoms with van der Waals surface area (Å²) in [4.78, 5) is 36.9. The lowest BCUT2D eigenvalue weighted by Crippen LogP contribution is -2.29. The molecule has 0 aliphatic heterocycles. The molecule has 0 radical (unpaired) electrons. The number of nitrogens with one attached hydrogen (secondary N) is 2. The zero-order valence-electron chi connectivity index (χ0n) is 16.6. The third-order valence-corrected chi connectivity index (χ3v) is 4.29.